The van der Waals surface area contributed by atoms with Gasteiger partial charge in [-0.1, -0.05) is 0 Å². The first-order valence-electron chi connectivity index (χ1n) is 7.96. The van der Waals surface area contributed by atoms with Crippen molar-refractivity contribution in [3.63, 3.8) is 0 Å². The zero-order chi connectivity index (χ0) is 14.7. The molecule has 3 heterocycles. The van der Waals surface area contributed by atoms with Gasteiger partial charge in [0.2, 0.25) is 0 Å². The van der Waals surface area contributed by atoms with E-state index in [-0.39, 0.29) is 6.03 Å². The normalized spacial score (nSPS) is 24.4. The molecular weight excluding hydrogens is 282 g/mol. The summed E-state index contributed by atoms with van der Waals surface area (Å²) < 4.78 is 0. The predicted molar refractivity (Wildman–Crippen MR) is 86.5 cm³/mol. The van der Waals surface area contributed by atoms with Crippen LogP contribution in [-0.2, 0) is 6.54 Å². The average Bonchev–Trinajstić information content (AvgIpc) is 3.19. The van der Waals surface area contributed by atoms with Crippen molar-refractivity contribution in [1.29, 1.82) is 0 Å². The number of likely N-dealkylation sites (tertiary alicyclic amines) is 2. The first kappa shape index (κ1) is 14.9. The summed E-state index contributed by atoms with van der Waals surface area (Å²) in [5, 5.41) is 7.15. The van der Waals surface area contributed by atoms with Gasteiger partial charge >= 0.3 is 6.03 Å². The molecule has 0 radical (unpaired) electrons. The fraction of sp³-hybridized carbons (Fsp3) is 0.688. The second-order valence-electron chi connectivity index (χ2n) is 6.30. The lowest BCUT2D eigenvalue weighted by Crippen LogP contribution is -2.44. The van der Waals surface area contributed by atoms with Crippen LogP contribution in [0, 0.1) is 11.8 Å². The van der Waals surface area contributed by atoms with E-state index in [4.69, 9.17) is 0 Å². The summed E-state index contributed by atoms with van der Waals surface area (Å²) in [6.07, 6.45) is 3.67. The summed E-state index contributed by atoms with van der Waals surface area (Å²) >= 11 is 1.79. The maximum absolute atomic E-state index is 11.6. The van der Waals surface area contributed by atoms with E-state index >= 15 is 0 Å². The molecule has 21 heavy (non-hydrogen) atoms. The lowest BCUT2D eigenvalue weighted by atomic mass is 9.84. The molecule has 2 aliphatic rings. The molecule has 1 aromatic heterocycles. The molecule has 4 nitrogen and oxygen atoms in total. The highest BCUT2D eigenvalue weighted by Crippen LogP contribution is 2.32. The Morgan fingerprint density at radius 1 is 1.29 bits per heavy atom. The van der Waals surface area contributed by atoms with Gasteiger partial charge in [0.25, 0.3) is 0 Å². The van der Waals surface area contributed by atoms with E-state index in [1.807, 2.05) is 4.90 Å². The van der Waals surface area contributed by atoms with Crippen LogP contribution in [0.4, 0.5) is 4.79 Å². The summed E-state index contributed by atoms with van der Waals surface area (Å²) in [7, 11) is 1.72. The fourth-order valence-electron chi connectivity index (χ4n) is 3.76. The average molecular weight is 307 g/mol. The van der Waals surface area contributed by atoms with Crippen LogP contribution in [0.3, 0.4) is 0 Å². The van der Waals surface area contributed by atoms with Crippen LogP contribution in [-0.4, -0.2) is 49.1 Å². The molecule has 1 N–H and O–H groups in total. The Hall–Kier alpha value is -1.07. The van der Waals surface area contributed by atoms with Crippen LogP contribution in [0.5, 0.6) is 0 Å². The summed E-state index contributed by atoms with van der Waals surface area (Å²) in [4.78, 5) is 16.2. The number of urea groups is 1. The van der Waals surface area contributed by atoms with Crippen molar-refractivity contribution in [1.82, 2.24) is 15.1 Å². The van der Waals surface area contributed by atoms with Gasteiger partial charge in [-0.05, 0) is 60.0 Å². The van der Waals surface area contributed by atoms with Crippen LogP contribution in [0.1, 0.15) is 24.8 Å². The Balaban J connectivity index is 1.45. The van der Waals surface area contributed by atoms with Crippen LogP contribution in [0.2, 0.25) is 0 Å². The highest BCUT2D eigenvalue weighted by Gasteiger charge is 2.32. The third-order valence-corrected chi connectivity index (χ3v) is 5.73. The molecular formula is C16H25N3OS. The second kappa shape index (κ2) is 6.79. The lowest BCUT2D eigenvalue weighted by molar-refractivity contribution is 0.150. The van der Waals surface area contributed by atoms with Gasteiger partial charge in [0.1, 0.15) is 0 Å². The second-order valence-corrected chi connectivity index (χ2v) is 7.08. The number of nitrogens with zero attached hydrogens (tertiary/aromatic N) is 2. The van der Waals surface area contributed by atoms with Gasteiger partial charge < -0.3 is 10.2 Å². The van der Waals surface area contributed by atoms with Gasteiger partial charge in [-0.15, -0.1) is 0 Å². The molecule has 2 fully saturated rings. The maximum atomic E-state index is 11.6. The quantitative estimate of drug-likeness (QED) is 0.932. The molecule has 2 aliphatic heterocycles. The molecule has 2 amide bonds. The maximum Gasteiger partial charge on any atom is 0.317 e. The van der Waals surface area contributed by atoms with Crippen molar-refractivity contribution < 1.29 is 4.79 Å². The largest absolute Gasteiger partial charge is 0.341 e. The molecule has 1 unspecified atom stereocenters. The molecule has 0 spiro atoms. The number of nitrogens with one attached hydrogen (secondary N) is 1. The monoisotopic (exact) mass is 307 g/mol. The van der Waals surface area contributed by atoms with E-state index in [0.29, 0.717) is 0 Å². The minimum atomic E-state index is 0.0824. The van der Waals surface area contributed by atoms with Gasteiger partial charge in [0.05, 0.1) is 0 Å². The number of amides is 2. The number of carbonyl (C=O) groups is 1. The molecule has 2 saturated heterocycles. The van der Waals surface area contributed by atoms with Crippen LogP contribution in [0.25, 0.3) is 0 Å². The molecule has 3 rings (SSSR count). The van der Waals surface area contributed by atoms with Gasteiger partial charge in [0, 0.05) is 33.2 Å². The van der Waals surface area contributed by atoms with Gasteiger partial charge in [-0.2, -0.15) is 11.3 Å². The van der Waals surface area contributed by atoms with E-state index in [1.165, 1.54) is 37.9 Å². The number of hydrogen-bond donors (Lipinski definition) is 1. The van der Waals surface area contributed by atoms with Gasteiger partial charge in [0.15, 0.2) is 0 Å². The van der Waals surface area contributed by atoms with Crippen molar-refractivity contribution in [2.75, 3.05) is 33.2 Å². The van der Waals surface area contributed by atoms with Crippen LogP contribution in [0.15, 0.2) is 16.8 Å². The van der Waals surface area contributed by atoms with Crippen molar-refractivity contribution in [2.24, 2.45) is 11.8 Å². The number of rotatable bonds is 3. The standard InChI is InChI=1S/C16H25N3OS/c1-17-16(20)19-7-3-14(4-8-19)15-2-6-18(11-15)10-13-5-9-21-12-13/h5,9,12,14-15H,2-4,6-8,10-11H2,1H3,(H,17,20). The van der Waals surface area contributed by atoms with Gasteiger partial charge in [-0.25, -0.2) is 4.79 Å². The van der Waals surface area contributed by atoms with Gasteiger partial charge in [-0.3, -0.25) is 4.90 Å². The topological polar surface area (TPSA) is 35.6 Å². The number of hydrogen-bond acceptors (Lipinski definition) is 3. The highest BCUT2D eigenvalue weighted by molar-refractivity contribution is 7.07. The van der Waals surface area contributed by atoms with E-state index in [9.17, 15) is 4.79 Å². The van der Waals surface area contributed by atoms with E-state index in [1.54, 1.807) is 18.4 Å². The highest BCUT2D eigenvalue weighted by atomic mass is 32.1. The molecule has 116 valence electrons. The Kier molecular flexibility index (Phi) is 4.80. The van der Waals surface area contributed by atoms with Crippen molar-refractivity contribution >= 4 is 17.4 Å². The molecule has 1 aromatic rings. The summed E-state index contributed by atoms with van der Waals surface area (Å²) in [5.41, 5.74) is 1.45. The Morgan fingerprint density at radius 3 is 2.71 bits per heavy atom. The summed E-state index contributed by atoms with van der Waals surface area (Å²) in [6, 6.07) is 2.32. The number of carbonyl (C=O) groups excluding carboxylic acids is 1. The number of piperidine rings is 1. The molecule has 0 saturated carbocycles. The predicted octanol–water partition coefficient (Wildman–Crippen LogP) is 2.62. The number of thiophene rings is 1. The summed E-state index contributed by atoms with van der Waals surface area (Å²) in [6.45, 7) is 5.42. The molecule has 0 bridgehead atoms. The molecule has 1 atom stereocenters. The van der Waals surface area contributed by atoms with Crippen molar-refractivity contribution in [3.05, 3.63) is 22.4 Å². The molecule has 0 aliphatic carbocycles. The first-order valence-corrected chi connectivity index (χ1v) is 8.90. The van der Waals surface area contributed by atoms with Crippen molar-refractivity contribution in [2.45, 2.75) is 25.8 Å². The first-order chi connectivity index (χ1) is 10.3. The lowest BCUT2D eigenvalue weighted by Gasteiger charge is -2.34. The third-order valence-electron chi connectivity index (χ3n) is 5.00. The Bertz CT molecular complexity index is 454. The minimum absolute atomic E-state index is 0.0824. The third kappa shape index (κ3) is 3.58. The van der Waals surface area contributed by atoms with E-state index < -0.39 is 0 Å². The smallest absolute Gasteiger partial charge is 0.317 e. The van der Waals surface area contributed by atoms with E-state index in [2.05, 4.69) is 27.0 Å². The molecule has 0 aromatic carbocycles. The van der Waals surface area contributed by atoms with Crippen LogP contribution >= 0.6 is 11.3 Å². The molecule has 5 heteroatoms. The Morgan fingerprint density at radius 2 is 2.05 bits per heavy atom. The van der Waals surface area contributed by atoms with Crippen molar-refractivity contribution in [3.8, 4) is 0 Å². The zero-order valence-electron chi connectivity index (χ0n) is 12.8. The minimum Gasteiger partial charge on any atom is -0.341 e. The SMILES string of the molecule is CNC(=O)N1CCC(C2CCN(Cc3ccsc3)C2)CC1. The summed E-state index contributed by atoms with van der Waals surface area (Å²) in [5.74, 6) is 1.63. The zero-order valence-corrected chi connectivity index (χ0v) is 13.6. The van der Waals surface area contributed by atoms with Crippen LogP contribution < -0.4 is 5.32 Å². The van der Waals surface area contributed by atoms with E-state index in [0.717, 1.165) is 31.5 Å². The Labute approximate surface area is 131 Å². The fourth-order valence-corrected chi connectivity index (χ4v) is 4.42.